The van der Waals surface area contributed by atoms with Crippen molar-refractivity contribution < 1.29 is 13.6 Å². The molecule has 1 aliphatic heterocycles. The Kier molecular flexibility index (Phi) is 5.34. The van der Waals surface area contributed by atoms with E-state index in [-0.39, 0.29) is 27.8 Å². The molecule has 0 radical (unpaired) electrons. The lowest BCUT2D eigenvalue weighted by Gasteiger charge is -2.62. The summed E-state index contributed by atoms with van der Waals surface area (Å²) in [5.41, 5.74) is 0.177. The Bertz CT molecular complexity index is 706. The van der Waals surface area contributed by atoms with Crippen LogP contribution in [0.3, 0.4) is 0 Å². The molecule has 5 heteroatoms. The zero-order valence-electron chi connectivity index (χ0n) is 20.6. The van der Waals surface area contributed by atoms with Crippen LogP contribution in [-0.4, -0.2) is 44.5 Å². The first-order valence-electron chi connectivity index (χ1n) is 12.3. The highest BCUT2D eigenvalue weighted by Gasteiger charge is 2.63. The van der Waals surface area contributed by atoms with Gasteiger partial charge in [-0.15, -0.1) is 0 Å². The molecule has 1 saturated heterocycles. The molecule has 4 aliphatic rings. The smallest absolute Gasteiger partial charge is 0.257 e. The largest absolute Gasteiger partial charge is 0.413 e. The number of hydrogen-bond acceptors (Lipinski definition) is 2. The van der Waals surface area contributed by atoms with E-state index in [4.69, 9.17) is 4.43 Å². The van der Waals surface area contributed by atoms with E-state index < -0.39 is 14.5 Å². The maximum absolute atomic E-state index is 14.7. The second kappa shape index (κ2) is 7.04. The minimum Gasteiger partial charge on any atom is -0.413 e. The summed E-state index contributed by atoms with van der Waals surface area (Å²) in [6.07, 6.45) is 6.49. The molecule has 0 bridgehead atoms. The van der Waals surface area contributed by atoms with E-state index >= 15 is 0 Å². The van der Waals surface area contributed by atoms with E-state index in [1.54, 1.807) is 4.90 Å². The number of hydrogen-bond donors (Lipinski definition) is 0. The number of carbonyl (C=O) groups excluding carboxylic acids is 1. The summed E-state index contributed by atoms with van der Waals surface area (Å²) in [7, 11) is 0.0369. The van der Waals surface area contributed by atoms with E-state index in [1.165, 1.54) is 25.7 Å². The lowest BCUT2D eigenvalue weighted by atomic mass is 9.47. The first kappa shape index (κ1) is 22.8. The predicted molar refractivity (Wildman–Crippen MR) is 123 cm³/mol. The van der Waals surface area contributed by atoms with Gasteiger partial charge >= 0.3 is 0 Å². The molecule has 1 amide bonds. The monoisotopic (exact) mass is 437 g/mol. The number of rotatable bonds is 2. The number of halogens is 1. The van der Waals surface area contributed by atoms with E-state index in [0.717, 1.165) is 12.8 Å². The molecule has 0 spiro atoms. The summed E-state index contributed by atoms with van der Waals surface area (Å²) in [5, 5.41) is 0.236. The highest BCUT2D eigenvalue weighted by molar-refractivity contribution is 6.74. The molecule has 0 N–H and O–H groups in total. The van der Waals surface area contributed by atoms with Crippen LogP contribution in [0.2, 0.25) is 18.1 Å². The molecule has 4 rings (SSSR count). The van der Waals surface area contributed by atoms with Gasteiger partial charge in [0, 0.05) is 13.1 Å². The Morgan fingerprint density at radius 1 is 1.03 bits per heavy atom. The second-order valence-corrected chi connectivity index (χ2v) is 17.8. The van der Waals surface area contributed by atoms with Crippen LogP contribution in [0.5, 0.6) is 0 Å². The summed E-state index contributed by atoms with van der Waals surface area (Å²) < 4.78 is 21.7. The molecule has 0 aromatic carbocycles. The van der Waals surface area contributed by atoms with Gasteiger partial charge in [-0.25, -0.2) is 4.39 Å². The third-order valence-corrected chi connectivity index (χ3v) is 15.2. The Hall–Kier alpha value is -0.423. The molecule has 0 aromatic heterocycles. The van der Waals surface area contributed by atoms with Crippen LogP contribution in [-0.2, 0) is 9.22 Å². The van der Waals surface area contributed by atoms with E-state index in [1.807, 2.05) is 7.05 Å². The number of piperidine rings is 1. The Balaban J connectivity index is 1.58. The van der Waals surface area contributed by atoms with Gasteiger partial charge in [-0.2, -0.15) is 0 Å². The van der Waals surface area contributed by atoms with Crippen LogP contribution in [0, 0.1) is 28.6 Å². The third kappa shape index (κ3) is 3.15. The summed E-state index contributed by atoms with van der Waals surface area (Å²) in [6, 6.07) is 0.211. The fourth-order valence-electron chi connectivity index (χ4n) is 7.89. The lowest BCUT2D eigenvalue weighted by molar-refractivity contribution is -0.169. The molecule has 3 aliphatic carbocycles. The molecular weight excluding hydrogens is 393 g/mol. The molecule has 4 fully saturated rings. The number of nitrogens with zero attached hydrogens (tertiary/aromatic N) is 1. The number of likely N-dealkylation sites (tertiary alicyclic amines) is 1. The minimum atomic E-state index is -1.80. The fraction of sp³-hybridized carbons (Fsp3) is 0.960. The van der Waals surface area contributed by atoms with Crippen LogP contribution >= 0.6 is 0 Å². The molecular formula is C25H44FNO2Si. The van der Waals surface area contributed by atoms with E-state index in [2.05, 4.69) is 47.7 Å². The number of fused-ring (bicyclic) bond motifs is 5. The zero-order chi connectivity index (χ0) is 22.3. The van der Waals surface area contributed by atoms with Crippen molar-refractivity contribution >= 4 is 14.2 Å². The molecule has 172 valence electrons. The van der Waals surface area contributed by atoms with Gasteiger partial charge in [-0.05, 0) is 91.7 Å². The van der Waals surface area contributed by atoms with Crippen molar-refractivity contribution in [1.29, 1.82) is 0 Å². The first-order chi connectivity index (χ1) is 13.7. The highest BCUT2D eigenvalue weighted by Crippen LogP contribution is 2.65. The van der Waals surface area contributed by atoms with Crippen molar-refractivity contribution in [3.63, 3.8) is 0 Å². The van der Waals surface area contributed by atoms with Gasteiger partial charge in [0.2, 0.25) is 0 Å². The maximum atomic E-state index is 14.7. The van der Waals surface area contributed by atoms with Crippen molar-refractivity contribution in [2.24, 2.45) is 28.6 Å². The Labute approximate surface area is 184 Å². The quantitative estimate of drug-likeness (QED) is 0.482. The van der Waals surface area contributed by atoms with E-state index in [0.29, 0.717) is 30.3 Å². The fourth-order valence-corrected chi connectivity index (χ4v) is 9.34. The Morgan fingerprint density at radius 3 is 2.30 bits per heavy atom. The number of carbonyl (C=O) groups is 1. The average Bonchev–Trinajstić information content (AvgIpc) is 2.95. The van der Waals surface area contributed by atoms with Crippen molar-refractivity contribution in [3.05, 3.63) is 0 Å². The summed E-state index contributed by atoms with van der Waals surface area (Å²) in [6.45, 7) is 16.6. The molecule has 0 unspecified atom stereocenters. The minimum absolute atomic E-state index is 0.0787. The van der Waals surface area contributed by atoms with Crippen molar-refractivity contribution in [2.75, 3.05) is 7.05 Å². The van der Waals surface area contributed by atoms with Crippen molar-refractivity contribution in [2.45, 2.75) is 116 Å². The second-order valence-electron chi connectivity index (χ2n) is 13.1. The maximum Gasteiger partial charge on any atom is 0.257 e. The molecule has 30 heavy (non-hydrogen) atoms. The average molecular weight is 438 g/mol. The van der Waals surface area contributed by atoms with Crippen LogP contribution in [0.4, 0.5) is 4.39 Å². The van der Waals surface area contributed by atoms with Gasteiger partial charge in [0.15, 0.2) is 14.5 Å². The summed E-state index contributed by atoms with van der Waals surface area (Å²) >= 11 is 0. The normalized spacial score (nSPS) is 47.0. The number of alkyl halides is 1. The standard InChI is InChI=1S/C25H44FNO2Si/c1-23(2,3)30(7,8)29-21-12-10-17-16-9-11-20-25(5,15-19(26)22(28)27(20)6)18(16)13-14-24(17,21)4/h16-21H,9-15H2,1-8H3/t16-,17-,18-,19-,20+,21-,24-,25+/m0/s1. The van der Waals surface area contributed by atoms with Gasteiger partial charge in [0.05, 0.1) is 6.10 Å². The van der Waals surface area contributed by atoms with Crippen LogP contribution in [0.1, 0.15) is 79.6 Å². The van der Waals surface area contributed by atoms with Gasteiger partial charge in [-0.3, -0.25) is 4.79 Å². The molecule has 3 nitrogen and oxygen atoms in total. The van der Waals surface area contributed by atoms with Crippen LogP contribution in [0.25, 0.3) is 0 Å². The topological polar surface area (TPSA) is 29.5 Å². The first-order valence-corrected chi connectivity index (χ1v) is 15.2. The summed E-state index contributed by atoms with van der Waals surface area (Å²) in [4.78, 5) is 14.1. The van der Waals surface area contributed by atoms with E-state index in [9.17, 15) is 9.18 Å². The highest BCUT2D eigenvalue weighted by atomic mass is 28.4. The van der Waals surface area contributed by atoms with Gasteiger partial charge in [0.1, 0.15) is 0 Å². The van der Waals surface area contributed by atoms with Crippen LogP contribution < -0.4 is 0 Å². The molecule has 8 atom stereocenters. The molecule has 3 saturated carbocycles. The number of amides is 1. The summed E-state index contributed by atoms with van der Waals surface area (Å²) in [5.74, 6) is 1.59. The van der Waals surface area contributed by atoms with Gasteiger partial charge in [-0.1, -0.05) is 34.6 Å². The Morgan fingerprint density at radius 2 is 1.67 bits per heavy atom. The molecule has 0 aromatic rings. The third-order valence-electron chi connectivity index (χ3n) is 10.7. The molecule has 1 heterocycles. The van der Waals surface area contributed by atoms with Crippen molar-refractivity contribution in [3.8, 4) is 0 Å². The van der Waals surface area contributed by atoms with Crippen molar-refractivity contribution in [1.82, 2.24) is 4.90 Å². The van der Waals surface area contributed by atoms with Gasteiger partial charge in [0.25, 0.3) is 5.91 Å². The SMILES string of the molecule is CN1C(=O)[C@@H](F)C[C@]2(C)[C@H]3CC[C@]4(C)[C@@H](O[Si](C)(C)C(C)(C)C)CC[C@H]4[C@@H]3CC[C@@H]12. The lowest BCUT2D eigenvalue weighted by Crippen LogP contribution is -2.64. The predicted octanol–water partition coefficient (Wildman–Crippen LogP) is 6.19. The van der Waals surface area contributed by atoms with Crippen LogP contribution in [0.15, 0.2) is 0 Å². The zero-order valence-corrected chi connectivity index (χ0v) is 21.6. The van der Waals surface area contributed by atoms with Gasteiger partial charge < -0.3 is 9.33 Å².